The zero-order chi connectivity index (χ0) is 0. The summed E-state index contributed by atoms with van der Waals surface area (Å²) < 4.78 is 0. The van der Waals surface area contributed by atoms with Gasteiger partial charge in [0.05, 0.1) is 0 Å². The number of rotatable bonds is 0. The first kappa shape index (κ1) is 32.7. The minimum atomic E-state index is 0. The minimum absolute atomic E-state index is 0. The molecule has 0 aromatic carbocycles. The first-order chi connectivity index (χ1) is 0. The van der Waals surface area contributed by atoms with Gasteiger partial charge in [-0.05, 0) is 0 Å². The fourth-order valence-corrected chi connectivity index (χ4v) is 0. The molecule has 0 aliphatic carbocycles. The van der Waals surface area contributed by atoms with Crippen LogP contribution in [0.1, 0.15) is 0 Å². The second kappa shape index (κ2) is 18.3. The van der Waals surface area contributed by atoms with Gasteiger partial charge in [-0.1, -0.05) is 0 Å². The van der Waals surface area contributed by atoms with E-state index in [1.54, 1.807) is 0 Å². The Balaban J connectivity index is 0. The van der Waals surface area contributed by atoms with Crippen LogP contribution < -0.4 is 0 Å². The van der Waals surface area contributed by atoms with Crippen molar-refractivity contribution in [2.75, 3.05) is 0 Å². The van der Waals surface area contributed by atoms with Crippen LogP contribution in [0.4, 0.5) is 0 Å². The van der Waals surface area contributed by atoms with Crippen LogP contribution in [0.15, 0.2) is 0 Å². The standard InChI is InChI=1S/Cu.H3P.Sn.Zn.H/h;1H3;;;. The van der Waals surface area contributed by atoms with Crippen molar-refractivity contribution in [3.8, 4) is 0 Å². The summed E-state index contributed by atoms with van der Waals surface area (Å²) in [6, 6.07) is 0. The summed E-state index contributed by atoms with van der Waals surface area (Å²) in [4.78, 5) is 0. The van der Waals surface area contributed by atoms with Crippen molar-refractivity contribution in [3.63, 3.8) is 0 Å². The third-order valence-corrected chi connectivity index (χ3v) is 0. The molecule has 4 radical (unpaired) electrons. The van der Waals surface area contributed by atoms with E-state index in [-0.39, 0.29) is 70.4 Å². The molecule has 0 spiro atoms. The normalized spacial score (nSPS) is 0. The monoisotopic (exact) mass is 282 g/mol. The molecule has 0 aromatic heterocycles. The molecule has 0 nitrogen and oxygen atoms in total. The fourth-order valence-electron chi connectivity index (χ4n) is 0. The van der Waals surface area contributed by atoms with Gasteiger partial charge in [-0.2, -0.15) is 9.90 Å². The van der Waals surface area contributed by atoms with Crippen molar-refractivity contribution < 1.29 is 36.5 Å². The Bertz CT molecular complexity index is 8.00. The summed E-state index contributed by atoms with van der Waals surface area (Å²) in [7, 11) is 0. The molecule has 1 unspecified atom stereocenters. The maximum atomic E-state index is 0. The van der Waals surface area contributed by atoms with Crippen LogP contribution in [0.5, 0.6) is 0 Å². The number of hydrogen-bond donors (Lipinski definition) is 0. The van der Waals surface area contributed by atoms with Crippen molar-refractivity contribution in [3.05, 3.63) is 0 Å². The molecule has 4 heavy (non-hydrogen) atoms. The molecule has 4 heteroatoms. The van der Waals surface area contributed by atoms with Crippen LogP contribution in [0.3, 0.4) is 0 Å². The van der Waals surface area contributed by atoms with Gasteiger partial charge in [-0.25, -0.2) is 0 Å². The van der Waals surface area contributed by atoms with Gasteiger partial charge >= 0.3 is 23.9 Å². The van der Waals surface area contributed by atoms with Crippen LogP contribution in [0.25, 0.3) is 0 Å². The van der Waals surface area contributed by atoms with Crippen LogP contribution >= 0.6 is 9.90 Å². The van der Waals surface area contributed by atoms with Gasteiger partial charge in [0.1, 0.15) is 0 Å². The van der Waals surface area contributed by atoms with Crippen molar-refractivity contribution in [2.24, 2.45) is 0 Å². The van der Waals surface area contributed by atoms with E-state index in [9.17, 15) is 0 Å². The molecular weight excluding hydrogens is 279 g/mol. The van der Waals surface area contributed by atoms with Crippen LogP contribution in [-0.4, -0.2) is 23.9 Å². The number of hydrogen-bond acceptors (Lipinski definition) is 0. The largest absolute Gasteiger partial charge is 0 e. The van der Waals surface area contributed by atoms with E-state index in [0.29, 0.717) is 0 Å². The average Bonchev–Trinajstić information content (AvgIpc) is 0. The maximum absolute atomic E-state index is 0. The molecule has 26 valence electrons. The van der Waals surface area contributed by atoms with Gasteiger partial charge in [0.15, 0.2) is 0 Å². The van der Waals surface area contributed by atoms with E-state index in [1.165, 1.54) is 0 Å². The smallest absolute Gasteiger partial charge is 0 e. The third-order valence-electron chi connectivity index (χ3n) is 0. The van der Waals surface area contributed by atoms with Gasteiger partial charge in [-0.3, -0.25) is 0 Å². The first-order valence-electron chi connectivity index (χ1n) is 0. The van der Waals surface area contributed by atoms with Gasteiger partial charge < -0.3 is 0 Å². The van der Waals surface area contributed by atoms with Gasteiger partial charge in [-0.15, -0.1) is 0 Å². The maximum Gasteiger partial charge on any atom is 0 e. The van der Waals surface area contributed by atoms with Crippen LogP contribution in [-0.2, 0) is 36.5 Å². The van der Waals surface area contributed by atoms with E-state index < -0.39 is 0 Å². The summed E-state index contributed by atoms with van der Waals surface area (Å²) in [6.07, 6.45) is 0. The molecule has 0 bridgehead atoms. The molecule has 0 aliphatic heterocycles. The van der Waals surface area contributed by atoms with Crippen LogP contribution in [0.2, 0.25) is 0 Å². The fraction of sp³-hybridized carbons (Fsp3) is 0. The van der Waals surface area contributed by atoms with Crippen molar-refractivity contribution in [1.29, 1.82) is 0 Å². The molecule has 0 N–H and O–H groups in total. The Labute approximate surface area is 69.7 Å². The zero-order valence-corrected chi connectivity index (χ0v) is 10.9. The average molecular weight is 283 g/mol. The molecule has 0 amide bonds. The molecule has 0 rings (SSSR count). The topological polar surface area (TPSA) is 0 Å². The Hall–Kier alpha value is 2.37. The Morgan fingerprint density at radius 1 is 1.00 bits per heavy atom. The quantitative estimate of drug-likeness (QED) is 0.411. The van der Waals surface area contributed by atoms with Crippen molar-refractivity contribution >= 4 is 33.8 Å². The molecular formula is H4CuPSnZn. The minimum Gasteiger partial charge on any atom is 0 e. The predicted octanol–water partition coefficient (Wildman–Crippen LogP) is -0.595. The molecule has 1 atom stereocenters. The Kier molecular flexibility index (Phi) is 149. The molecule has 0 saturated carbocycles. The van der Waals surface area contributed by atoms with E-state index in [4.69, 9.17) is 0 Å². The molecule has 0 fully saturated rings. The van der Waals surface area contributed by atoms with Crippen molar-refractivity contribution in [2.45, 2.75) is 0 Å². The Morgan fingerprint density at radius 2 is 1.00 bits per heavy atom. The third kappa shape index (κ3) is 8.84. The predicted molar refractivity (Wildman–Crippen MR) is 18.3 cm³/mol. The van der Waals surface area contributed by atoms with E-state index in [0.717, 1.165) is 0 Å². The second-order valence-electron chi connectivity index (χ2n) is 0. The molecule has 0 saturated heterocycles. The SMILES string of the molecule is P.[Cu].[SnH].[Zn]. The van der Waals surface area contributed by atoms with Gasteiger partial charge in [0.25, 0.3) is 0 Å². The van der Waals surface area contributed by atoms with Gasteiger partial charge in [0, 0.05) is 36.5 Å². The second-order valence-corrected chi connectivity index (χ2v) is 0. The summed E-state index contributed by atoms with van der Waals surface area (Å²) in [5, 5.41) is 0. The van der Waals surface area contributed by atoms with Crippen LogP contribution in [0, 0.1) is 0 Å². The van der Waals surface area contributed by atoms with E-state index in [1.807, 2.05) is 0 Å². The molecule has 0 aliphatic rings. The summed E-state index contributed by atoms with van der Waals surface area (Å²) in [6.45, 7) is 0. The van der Waals surface area contributed by atoms with E-state index in [2.05, 4.69) is 0 Å². The Morgan fingerprint density at radius 3 is 1.00 bits per heavy atom. The summed E-state index contributed by atoms with van der Waals surface area (Å²) in [5.41, 5.74) is 0. The van der Waals surface area contributed by atoms with Crippen molar-refractivity contribution in [1.82, 2.24) is 0 Å². The zero-order valence-electron chi connectivity index (χ0n) is 2.29. The molecule has 0 heterocycles. The molecule has 0 aromatic rings. The summed E-state index contributed by atoms with van der Waals surface area (Å²) in [5.74, 6) is 0. The summed E-state index contributed by atoms with van der Waals surface area (Å²) >= 11 is 0. The van der Waals surface area contributed by atoms with E-state index >= 15 is 0 Å². The van der Waals surface area contributed by atoms with Gasteiger partial charge in [0.2, 0.25) is 0 Å². The first-order valence-corrected chi connectivity index (χ1v) is 0.